The first-order valence-corrected chi connectivity index (χ1v) is 7.62. The molecule has 25 heavy (non-hydrogen) atoms. The number of pyridine rings is 1. The highest BCUT2D eigenvalue weighted by Crippen LogP contribution is 2.36. The molecule has 0 aliphatic carbocycles. The molecular formula is C17H15F3N2O3. The van der Waals surface area contributed by atoms with Crippen molar-refractivity contribution < 1.29 is 27.8 Å². The lowest BCUT2D eigenvalue weighted by Gasteiger charge is -2.24. The Balaban J connectivity index is 1.95. The number of amides is 1. The molecule has 1 fully saturated rings. The summed E-state index contributed by atoms with van der Waals surface area (Å²) in [6.07, 6.45) is -4.09. The number of aromatic nitrogens is 1. The molecule has 0 saturated carbocycles. The summed E-state index contributed by atoms with van der Waals surface area (Å²) in [5.41, 5.74) is -0.695. The van der Waals surface area contributed by atoms with Crippen molar-refractivity contribution in [1.29, 1.82) is 0 Å². The fourth-order valence-electron chi connectivity index (χ4n) is 3.02. The number of nitrogens with zero attached hydrogens (tertiary/aromatic N) is 2. The summed E-state index contributed by atoms with van der Waals surface area (Å²) < 4.78 is 39.2. The van der Waals surface area contributed by atoms with Gasteiger partial charge in [-0.3, -0.25) is 4.79 Å². The number of halogens is 3. The van der Waals surface area contributed by atoms with E-state index in [-0.39, 0.29) is 24.2 Å². The Morgan fingerprint density at radius 1 is 1.24 bits per heavy atom. The minimum absolute atomic E-state index is 0.0470. The van der Waals surface area contributed by atoms with Gasteiger partial charge < -0.3 is 15.2 Å². The van der Waals surface area contributed by atoms with Crippen LogP contribution in [0.15, 0.2) is 48.7 Å². The van der Waals surface area contributed by atoms with Gasteiger partial charge in [0.25, 0.3) is 5.69 Å². The van der Waals surface area contributed by atoms with Crippen molar-refractivity contribution in [3.05, 3.63) is 70.7 Å². The average molecular weight is 352 g/mol. The molecule has 0 bridgehead atoms. The number of likely N-dealkylation sites (tertiary alicyclic amines) is 1. The van der Waals surface area contributed by atoms with Gasteiger partial charge >= 0.3 is 12.1 Å². The van der Waals surface area contributed by atoms with Gasteiger partial charge in [0.1, 0.15) is 0 Å². The Bertz CT molecular complexity index is 795. The van der Waals surface area contributed by atoms with E-state index in [9.17, 15) is 28.3 Å². The number of aliphatic hydroxyl groups excluding tert-OH is 1. The molecule has 0 spiro atoms. The maximum absolute atomic E-state index is 12.9. The Labute approximate surface area is 141 Å². The van der Waals surface area contributed by atoms with Crippen LogP contribution in [0.4, 0.5) is 13.2 Å². The zero-order valence-electron chi connectivity index (χ0n) is 13.0. The van der Waals surface area contributed by atoms with Crippen LogP contribution in [0.25, 0.3) is 0 Å². The molecule has 1 amide bonds. The summed E-state index contributed by atoms with van der Waals surface area (Å²) in [7, 11) is 0. The summed E-state index contributed by atoms with van der Waals surface area (Å²) >= 11 is 0. The number of benzene rings is 1. The predicted molar refractivity (Wildman–Crippen MR) is 81.2 cm³/mol. The number of aliphatic hydroxyl groups is 1. The second kappa shape index (κ2) is 6.36. The first-order chi connectivity index (χ1) is 11.8. The van der Waals surface area contributed by atoms with E-state index >= 15 is 0 Å². The molecule has 8 heteroatoms. The molecule has 2 atom stereocenters. The van der Waals surface area contributed by atoms with E-state index in [0.717, 1.165) is 12.1 Å². The van der Waals surface area contributed by atoms with Gasteiger partial charge in [-0.15, -0.1) is 0 Å². The number of hydrogen-bond acceptors (Lipinski definition) is 3. The van der Waals surface area contributed by atoms with Crippen molar-refractivity contribution >= 4 is 5.91 Å². The number of hydrogen-bond donors (Lipinski definition) is 1. The molecule has 132 valence electrons. The maximum atomic E-state index is 12.9. The molecule has 1 aliphatic heterocycles. The van der Waals surface area contributed by atoms with Gasteiger partial charge in [0, 0.05) is 18.7 Å². The Morgan fingerprint density at radius 2 is 2.00 bits per heavy atom. The number of carbonyl (C=O) groups excluding carboxylic acids is 1. The largest absolute Gasteiger partial charge is 0.618 e. The van der Waals surface area contributed by atoms with Crippen molar-refractivity contribution in [1.82, 2.24) is 4.90 Å². The van der Waals surface area contributed by atoms with Crippen molar-refractivity contribution in [3.63, 3.8) is 0 Å². The first kappa shape index (κ1) is 17.2. The first-order valence-electron chi connectivity index (χ1n) is 7.62. The Morgan fingerprint density at radius 3 is 2.68 bits per heavy atom. The van der Waals surface area contributed by atoms with Gasteiger partial charge in [0.15, 0.2) is 6.20 Å². The summed E-state index contributed by atoms with van der Waals surface area (Å²) in [5, 5.41) is 21.7. The molecule has 1 aliphatic rings. The summed E-state index contributed by atoms with van der Waals surface area (Å²) in [5.74, 6) is -0.630. The quantitative estimate of drug-likeness (QED) is 0.666. The highest BCUT2D eigenvalue weighted by molar-refractivity contribution is 5.91. The SMILES string of the molecule is O=C(c1cccc[n+]1[O-])N1C[C@H](O)C[C@@H]1c1cccc(C(F)(F)F)c1. The lowest BCUT2D eigenvalue weighted by Crippen LogP contribution is -2.41. The molecule has 1 N–H and O–H groups in total. The van der Waals surface area contributed by atoms with Crippen LogP contribution in [-0.4, -0.2) is 28.6 Å². The van der Waals surface area contributed by atoms with Crippen molar-refractivity contribution in [2.75, 3.05) is 6.54 Å². The van der Waals surface area contributed by atoms with E-state index in [1.165, 1.54) is 41.4 Å². The topological polar surface area (TPSA) is 67.5 Å². The summed E-state index contributed by atoms with van der Waals surface area (Å²) in [6.45, 7) is -0.0470. The van der Waals surface area contributed by atoms with Crippen LogP contribution in [0.1, 0.15) is 34.1 Å². The van der Waals surface area contributed by atoms with Gasteiger partial charge in [-0.05, 0) is 30.2 Å². The monoisotopic (exact) mass is 352 g/mol. The van der Waals surface area contributed by atoms with E-state index in [0.29, 0.717) is 4.73 Å². The van der Waals surface area contributed by atoms with Crippen molar-refractivity contribution in [2.24, 2.45) is 0 Å². The minimum atomic E-state index is -4.50. The summed E-state index contributed by atoms with van der Waals surface area (Å²) in [6, 6.07) is 8.26. The third-order valence-corrected chi connectivity index (χ3v) is 4.18. The van der Waals surface area contributed by atoms with Gasteiger partial charge in [-0.2, -0.15) is 17.9 Å². The second-order valence-corrected chi connectivity index (χ2v) is 5.90. The van der Waals surface area contributed by atoms with Crippen LogP contribution in [-0.2, 0) is 6.18 Å². The van der Waals surface area contributed by atoms with E-state index in [4.69, 9.17) is 0 Å². The van der Waals surface area contributed by atoms with Crippen LogP contribution in [0, 0.1) is 5.21 Å². The van der Waals surface area contributed by atoms with Crippen LogP contribution in [0.5, 0.6) is 0 Å². The molecule has 0 unspecified atom stereocenters. The van der Waals surface area contributed by atoms with E-state index in [2.05, 4.69) is 0 Å². The third-order valence-electron chi connectivity index (χ3n) is 4.18. The minimum Gasteiger partial charge on any atom is -0.618 e. The van der Waals surface area contributed by atoms with E-state index in [1.807, 2.05) is 0 Å². The number of alkyl halides is 3. The van der Waals surface area contributed by atoms with Gasteiger partial charge in [-0.25, -0.2) is 0 Å². The normalized spacial score (nSPS) is 20.7. The highest BCUT2D eigenvalue weighted by Gasteiger charge is 2.39. The molecule has 3 rings (SSSR count). The average Bonchev–Trinajstić information content (AvgIpc) is 2.96. The van der Waals surface area contributed by atoms with Crippen LogP contribution in [0.3, 0.4) is 0 Å². The van der Waals surface area contributed by atoms with Gasteiger partial charge in [-0.1, -0.05) is 12.1 Å². The predicted octanol–water partition coefficient (Wildman–Crippen LogP) is 2.29. The third kappa shape index (κ3) is 3.43. The fourth-order valence-corrected chi connectivity index (χ4v) is 3.02. The number of β-amino-alcohol motifs (C(OH)–C–C–N with tert-alkyl or cyclic N) is 1. The molecule has 2 heterocycles. The molecule has 5 nitrogen and oxygen atoms in total. The molecule has 1 saturated heterocycles. The molecule has 1 aromatic carbocycles. The lowest BCUT2D eigenvalue weighted by molar-refractivity contribution is -0.608. The molecule has 1 aromatic heterocycles. The van der Waals surface area contributed by atoms with Crippen LogP contribution in [0.2, 0.25) is 0 Å². The standard InChI is InChI=1S/C17H15F3N2O3/c18-17(19,20)12-5-3-4-11(8-12)15-9-13(23)10-21(15)16(24)14-6-1-2-7-22(14)25/h1-8,13,15,23H,9-10H2/t13-,15-/m1/s1. The molecular weight excluding hydrogens is 337 g/mol. The number of carbonyl (C=O) groups is 1. The Kier molecular flexibility index (Phi) is 4.38. The zero-order valence-corrected chi connectivity index (χ0v) is 13.0. The van der Waals surface area contributed by atoms with Crippen LogP contribution >= 0.6 is 0 Å². The van der Waals surface area contributed by atoms with Crippen molar-refractivity contribution in [2.45, 2.75) is 24.7 Å². The van der Waals surface area contributed by atoms with Gasteiger partial charge in [0.2, 0.25) is 0 Å². The second-order valence-electron chi connectivity index (χ2n) is 5.90. The highest BCUT2D eigenvalue weighted by atomic mass is 19.4. The van der Waals surface area contributed by atoms with Gasteiger partial charge in [0.05, 0.1) is 17.7 Å². The fraction of sp³-hybridized carbons (Fsp3) is 0.294. The summed E-state index contributed by atoms with van der Waals surface area (Å²) in [4.78, 5) is 13.9. The maximum Gasteiger partial charge on any atom is 0.416 e. The van der Waals surface area contributed by atoms with E-state index < -0.39 is 29.8 Å². The van der Waals surface area contributed by atoms with Crippen LogP contribution < -0.4 is 4.73 Å². The van der Waals surface area contributed by atoms with Crippen molar-refractivity contribution in [3.8, 4) is 0 Å². The Hall–Kier alpha value is -2.61. The molecule has 2 aromatic rings. The van der Waals surface area contributed by atoms with E-state index in [1.54, 1.807) is 0 Å². The lowest BCUT2D eigenvalue weighted by atomic mass is 10.0. The smallest absolute Gasteiger partial charge is 0.416 e. The zero-order chi connectivity index (χ0) is 18.2. The number of rotatable bonds is 2. The molecule has 0 radical (unpaired) electrons.